The van der Waals surface area contributed by atoms with Gasteiger partial charge in [0.05, 0.1) is 0 Å². The molecule has 0 saturated carbocycles. The van der Waals surface area contributed by atoms with E-state index in [1.54, 1.807) is 0 Å². The first-order valence-electron chi connectivity index (χ1n) is 18.7. The van der Waals surface area contributed by atoms with Crippen molar-refractivity contribution in [1.82, 2.24) is 15.0 Å². The molecule has 0 fully saturated rings. The number of hydrogen-bond acceptors (Lipinski definition) is 5. The Kier molecular flexibility index (Phi) is 7.42. The summed E-state index contributed by atoms with van der Waals surface area (Å²) in [5, 5.41) is 4.26. The molecular formula is C51H31N3O2. The van der Waals surface area contributed by atoms with E-state index in [2.05, 4.69) is 146 Å². The van der Waals surface area contributed by atoms with E-state index in [9.17, 15) is 0 Å². The predicted octanol–water partition coefficient (Wildman–Crippen LogP) is 13.7. The molecule has 5 nitrogen and oxygen atoms in total. The minimum Gasteiger partial charge on any atom is -0.456 e. The van der Waals surface area contributed by atoms with Crippen molar-refractivity contribution in [2.24, 2.45) is 0 Å². The minimum absolute atomic E-state index is 0.571. The highest BCUT2D eigenvalue weighted by Gasteiger charge is 2.18. The zero-order chi connectivity index (χ0) is 37.0. The highest BCUT2D eigenvalue weighted by atomic mass is 16.3. The van der Waals surface area contributed by atoms with Crippen LogP contribution in [0.2, 0.25) is 0 Å². The number of nitrogens with zero attached hydrogens (tertiary/aromatic N) is 3. The van der Waals surface area contributed by atoms with Crippen molar-refractivity contribution in [3.63, 3.8) is 0 Å². The molecular weight excluding hydrogens is 687 g/mol. The molecule has 5 heteroatoms. The molecule has 0 N–H and O–H groups in total. The van der Waals surface area contributed by atoms with Gasteiger partial charge in [0.25, 0.3) is 0 Å². The standard InChI is InChI=1S/C51H31N3O2/c1-3-11-32(12-4-1)34-21-23-35(24-22-34)49-52-50(38-16-9-15-36(29-38)33-13-5-2-6-14-33)54-51(53-49)39-25-27-42-43-19-10-18-40(48(43)56-47(42)31-39)37-26-28-46-44(30-37)41-17-7-8-20-45(41)55-46/h1-31H. The predicted molar refractivity (Wildman–Crippen MR) is 227 cm³/mol. The summed E-state index contributed by atoms with van der Waals surface area (Å²) in [6.07, 6.45) is 0. The summed E-state index contributed by atoms with van der Waals surface area (Å²) in [7, 11) is 0. The Morgan fingerprint density at radius 3 is 1.57 bits per heavy atom. The van der Waals surface area contributed by atoms with Gasteiger partial charge in [-0.15, -0.1) is 0 Å². The average molecular weight is 718 g/mol. The van der Waals surface area contributed by atoms with Gasteiger partial charge in [-0.1, -0.05) is 152 Å². The molecule has 0 aliphatic rings. The van der Waals surface area contributed by atoms with Gasteiger partial charge >= 0.3 is 0 Å². The van der Waals surface area contributed by atoms with Crippen LogP contribution in [0.4, 0.5) is 0 Å². The third-order valence-electron chi connectivity index (χ3n) is 10.6. The molecule has 0 unspecified atom stereocenters. The molecule has 56 heavy (non-hydrogen) atoms. The van der Waals surface area contributed by atoms with Crippen molar-refractivity contribution in [2.75, 3.05) is 0 Å². The van der Waals surface area contributed by atoms with Crippen molar-refractivity contribution in [3.8, 4) is 67.5 Å². The molecule has 3 heterocycles. The van der Waals surface area contributed by atoms with Gasteiger partial charge in [-0.3, -0.25) is 0 Å². The number of benzene rings is 8. The Balaban J connectivity index is 1.04. The maximum Gasteiger partial charge on any atom is 0.164 e. The molecule has 262 valence electrons. The van der Waals surface area contributed by atoms with E-state index >= 15 is 0 Å². The van der Waals surface area contributed by atoms with Gasteiger partial charge < -0.3 is 8.83 Å². The largest absolute Gasteiger partial charge is 0.456 e. The number of furan rings is 2. The van der Waals surface area contributed by atoms with Crippen LogP contribution < -0.4 is 0 Å². The number of rotatable bonds is 6. The Morgan fingerprint density at radius 2 is 0.786 bits per heavy atom. The lowest BCUT2D eigenvalue weighted by molar-refractivity contribution is 0.668. The van der Waals surface area contributed by atoms with Crippen LogP contribution in [0, 0.1) is 0 Å². The number of aromatic nitrogens is 3. The number of fused-ring (bicyclic) bond motifs is 6. The molecule has 3 aromatic heterocycles. The lowest BCUT2D eigenvalue weighted by Crippen LogP contribution is -2.00. The molecule has 0 aliphatic heterocycles. The van der Waals surface area contributed by atoms with E-state index in [1.165, 1.54) is 0 Å². The molecule has 0 saturated heterocycles. The highest BCUT2D eigenvalue weighted by molar-refractivity contribution is 6.12. The van der Waals surface area contributed by atoms with Gasteiger partial charge in [-0.05, 0) is 64.2 Å². The van der Waals surface area contributed by atoms with Gasteiger partial charge in [0.1, 0.15) is 22.3 Å². The van der Waals surface area contributed by atoms with Crippen LogP contribution in [0.15, 0.2) is 197 Å². The van der Waals surface area contributed by atoms with Crippen LogP contribution in [-0.2, 0) is 0 Å². The summed E-state index contributed by atoms with van der Waals surface area (Å²) in [5.41, 5.74) is 12.6. The lowest BCUT2D eigenvalue weighted by Gasteiger charge is -2.10. The van der Waals surface area contributed by atoms with Gasteiger partial charge in [-0.25, -0.2) is 15.0 Å². The van der Waals surface area contributed by atoms with Crippen LogP contribution in [0.5, 0.6) is 0 Å². The molecule has 0 aliphatic carbocycles. The van der Waals surface area contributed by atoms with Crippen molar-refractivity contribution in [3.05, 3.63) is 188 Å². The summed E-state index contributed by atoms with van der Waals surface area (Å²) in [6.45, 7) is 0. The fourth-order valence-corrected chi connectivity index (χ4v) is 7.73. The normalized spacial score (nSPS) is 11.6. The first-order valence-corrected chi connectivity index (χ1v) is 18.7. The van der Waals surface area contributed by atoms with E-state index in [1.807, 2.05) is 42.5 Å². The van der Waals surface area contributed by atoms with E-state index in [0.29, 0.717) is 17.5 Å². The van der Waals surface area contributed by atoms with E-state index in [4.69, 9.17) is 23.8 Å². The van der Waals surface area contributed by atoms with Gasteiger partial charge in [0.15, 0.2) is 17.5 Å². The molecule has 11 rings (SSSR count). The smallest absolute Gasteiger partial charge is 0.164 e. The Hall–Kier alpha value is -7.63. The lowest BCUT2D eigenvalue weighted by atomic mass is 10.00. The number of hydrogen-bond donors (Lipinski definition) is 0. The van der Waals surface area contributed by atoms with Gasteiger partial charge in [0.2, 0.25) is 0 Å². The second-order valence-corrected chi connectivity index (χ2v) is 14.0. The zero-order valence-corrected chi connectivity index (χ0v) is 30.1. The molecule has 8 aromatic carbocycles. The highest BCUT2D eigenvalue weighted by Crippen LogP contribution is 2.40. The molecule has 11 aromatic rings. The second kappa shape index (κ2) is 13.0. The zero-order valence-electron chi connectivity index (χ0n) is 30.1. The van der Waals surface area contributed by atoms with Crippen molar-refractivity contribution in [1.29, 1.82) is 0 Å². The van der Waals surface area contributed by atoms with Crippen LogP contribution in [0.3, 0.4) is 0 Å². The van der Waals surface area contributed by atoms with Gasteiger partial charge in [-0.2, -0.15) is 0 Å². The second-order valence-electron chi connectivity index (χ2n) is 14.0. The van der Waals surface area contributed by atoms with Crippen molar-refractivity contribution < 1.29 is 8.83 Å². The minimum atomic E-state index is 0.571. The summed E-state index contributed by atoms with van der Waals surface area (Å²) in [5.74, 6) is 1.77. The van der Waals surface area contributed by atoms with Crippen LogP contribution in [-0.4, -0.2) is 15.0 Å². The summed E-state index contributed by atoms with van der Waals surface area (Å²) in [6, 6.07) is 64.6. The molecule has 0 spiro atoms. The maximum absolute atomic E-state index is 6.74. The van der Waals surface area contributed by atoms with Crippen molar-refractivity contribution in [2.45, 2.75) is 0 Å². The molecule has 0 bridgehead atoms. The Bertz CT molecular complexity index is 3240. The molecule has 0 radical (unpaired) electrons. The average Bonchev–Trinajstić information content (AvgIpc) is 3.85. The topological polar surface area (TPSA) is 65.0 Å². The monoisotopic (exact) mass is 717 g/mol. The van der Waals surface area contributed by atoms with Crippen LogP contribution in [0.25, 0.3) is 111 Å². The summed E-state index contributed by atoms with van der Waals surface area (Å²) >= 11 is 0. The van der Waals surface area contributed by atoms with E-state index in [-0.39, 0.29) is 0 Å². The first kappa shape index (κ1) is 31.9. The van der Waals surface area contributed by atoms with Crippen LogP contribution >= 0.6 is 0 Å². The SMILES string of the molecule is c1ccc(-c2ccc(-c3nc(-c4cccc(-c5ccccc5)c4)nc(-c4ccc5c(c4)oc4c(-c6ccc7oc8ccccc8c7c6)cccc45)n3)cc2)cc1. The fourth-order valence-electron chi connectivity index (χ4n) is 7.73. The van der Waals surface area contributed by atoms with Crippen LogP contribution in [0.1, 0.15) is 0 Å². The van der Waals surface area contributed by atoms with E-state index in [0.717, 1.165) is 93.9 Å². The van der Waals surface area contributed by atoms with E-state index < -0.39 is 0 Å². The third kappa shape index (κ3) is 5.53. The number of para-hydroxylation sites is 2. The first-order chi connectivity index (χ1) is 27.7. The maximum atomic E-state index is 6.74. The van der Waals surface area contributed by atoms with Gasteiger partial charge in [0, 0.05) is 43.8 Å². The Labute approximate surface area is 322 Å². The Morgan fingerprint density at radius 1 is 0.268 bits per heavy atom. The summed E-state index contributed by atoms with van der Waals surface area (Å²) in [4.78, 5) is 15.2. The quantitative estimate of drug-likeness (QED) is 0.171. The van der Waals surface area contributed by atoms with Crippen molar-refractivity contribution >= 4 is 43.9 Å². The molecule has 0 amide bonds. The third-order valence-corrected chi connectivity index (χ3v) is 10.6. The summed E-state index contributed by atoms with van der Waals surface area (Å²) < 4.78 is 12.9. The fraction of sp³-hybridized carbons (Fsp3) is 0. The molecule has 0 atom stereocenters.